The predicted octanol–water partition coefficient (Wildman–Crippen LogP) is 1.45. The van der Waals surface area contributed by atoms with Gasteiger partial charge in [-0.15, -0.1) is 0 Å². The number of aliphatic imine (C=N–C) groups is 1. The highest BCUT2D eigenvalue weighted by atomic mass is 16.5. The number of hydrogen-bond acceptors (Lipinski definition) is 3. The molecule has 0 amide bonds. The normalized spacial score (nSPS) is 23.7. The monoisotopic (exact) mass is 296 g/mol. The van der Waals surface area contributed by atoms with Crippen molar-refractivity contribution in [1.29, 1.82) is 0 Å². The second-order valence-corrected chi connectivity index (χ2v) is 6.76. The van der Waals surface area contributed by atoms with E-state index in [-0.39, 0.29) is 5.41 Å². The van der Waals surface area contributed by atoms with Crippen LogP contribution < -0.4 is 10.6 Å². The average molecular weight is 296 g/mol. The van der Waals surface area contributed by atoms with Crippen LogP contribution in [0.15, 0.2) is 4.99 Å². The van der Waals surface area contributed by atoms with Crippen molar-refractivity contribution in [3.05, 3.63) is 0 Å². The van der Waals surface area contributed by atoms with Crippen LogP contribution in [0.2, 0.25) is 0 Å². The van der Waals surface area contributed by atoms with Crippen LogP contribution in [0.5, 0.6) is 0 Å². The molecular formula is C16H32N4O. The van der Waals surface area contributed by atoms with Gasteiger partial charge in [0.15, 0.2) is 5.96 Å². The van der Waals surface area contributed by atoms with Gasteiger partial charge in [-0.1, -0.05) is 13.8 Å². The van der Waals surface area contributed by atoms with Gasteiger partial charge in [-0.05, 0) is 32.7 Å². The smallest absolute Gasteiger partial charge is 0.191 e. The number of rotatable bonds is 6. The predicted molar refractivity (Wildman–Crippen MR) is 87.8 cm³/mol. The van der Waals surface area contributed by atoms with E-state index in [1.54, 1.807) is 0 Å². The molecule has 2 aliphatic heterocycles. The average Bonchev–Trinajstić information content (AvgIpc) is 2.45. The van der Waals surface area contributed by atoms with Crippen molar-refractivity contribution in [2.75, 3.05) is 45.9 Å². The summed E-state index contributed by atoms with van der Waals surface area (Å²) in [5, 5.41) is 6.98. The van der Waals surface area contributed by atoms with Crippen molar-refractivity contribution in [3.8, 4) is 0 Å². The molecule has 0 radical (unpaired) electrons. The molecule has 21 heavy (non-hydrogen) atoms. The SMILES string of the molecule is CCCN1CCC(NC(=NCC2(C)COC2)NCC)CC1. The number of hydrogen-bond donors (Lipinski definition) is 2. The van der Waals surface area contributed by atoms with Crippen LogP contribution in [0.4, 0.5) is 0 Å². The molecule has 0 aliphatic carbocycles. The molecule has 2 rings (SSSR count). The molecule has 5 nitrogen and oxygen atoms in total. The van der Waals surface area contributed by atoms with Gasteiger partial charge in [-0.2, -0.15) is 0 Å². The van der Waals surface area contributed by atoms with Crippen LogP contribution in [-0.2, 0) is 4.74 Å². The van der Waals surface area contributed by atoms with E-state index in [0.29, 0.717) is 6.04 Å². The van der Waals surface area contributed by atoms with E-state index in [4.69, 9.17) is 9.73 Å². The fourth-order valence-electron chi connectivity index (χ4n) is 2.94. The third-order valence-electron chi connectivity index (χ3n) is 4.33. The summed E-state index contributed by atoms with van der Waals surface area (Å²) >= 11 is 0. The van der Waals surface area contributed by atoms with E-state index in [1.165, 1.54) is 38.9 Å². The fourth-order valence-corrected chi connectivity index (χ4v) is 2.94. The van der Waals surface area contributed by atoms with Crippen molar-refractivity contribution in [3.63, 3.8) is 0 Å². The Morgan fingerprint density at radius 1 is 1.29 bits per heavy atom. The maximum Gasteiger partial charge on any atom is 0.191 e. The van der Waals surface area contributed by atoms with Crippen LogP contribution in [0.1, 0.15) is 40.0 Å². The van der Waals surface area contributed by atoms with Gasteiger partial charge in [0.05, 0.1) is 19.8 Å². The summed E-state index contributed by atoms with van der Waals surface area (Å²) in [6.07, 6.45) is 3.68. The highest BCUT2D eigenvalue weighted by Gasteiger charge is 2.33. The first kappa shape index (κ1) is 16.6. The molecule has 0 aromatic rings. The first-order valence-electron chi connectivity index (χ1n) is 8.50. The van der Waals surface area contributed by atoms with Crippen molar-refractivity contribution in [2.45, 2.75) is 46.1 Å². The summed E-state index contributed by atoms with van der Waals surface area (Å²) < 4.78 is 5.30. The van der Waals surface area contributed by atoms with E-state index in [0.717, 1.165) is 32.3 Å². The molecule has 0 bridgehead atoms. The van der Waals surface area contributed by atoms with Gasteiger partial charge in [-0.25, -0.2) is 0 Å². The Kier molecular flexibility index (Phi) is 6.30. The van der Waals surface area contributed by atoms with Crippen molar-refractivity contribution in [1.82, 2.24) is 15.5 Å². The Bertz CT molecular complexity index is 333. The van der Waals surface area contributed by atoms with Gasteiger partial charge >= 0.3 is 0 Å². The van der Waals surface area contributed by atoms with Crippen LogP contribution in [0, 0.1) is 5.41 Å². The van der Waals surface area contributed by atoms with Gasteiger partial charge in [0.2, 0.25) is 0 Å². The second kappa shape index (κ2) is 7.99. The van der Waals surface area contributed by atoms with E-state index < -0.39 is 0 Å². The number of nitrogens with one attached hydrogen (secondary N) is 2. The molecule has 0 saturated carbocycles. The Hall–Kier alpha value is -0.810. The maximum atomic E-state index is 5.30. The fraction of sp³-hybridized carbons (Fsp3) is 0.938. The second-order valence-electron chi connectivity index (χ2n) is 6.76. The summed E-state index contributed by atoms with van der Waals surface area (Å²) in [5.74, 6) is 0.972. The number of guanidine groups is 1. The lowest BCUT2D eigenvalue weighted by atomic mass is 9.89. The number of ether oxygens (including phenoxy) is 1. The highest BCUT2D eigenvalue weighted by molar-refractivity contribution is 5.80. The summed E-state index contributed by atoms with van der Waals surface area (Å²) in [5.41, 5.74) is 0.243. The van der Waals surface area contributed by atoms with Crippen molar-refractivity contribution >= 4 is 5.96 Å². The molecule has 0 unspecified atom stereocenters. The lowest BCUT2D eigenvalue weighted by molar-refractivity contribution is -0.0945. The molecule has 0 aromatic heterocycles. The highest BCUT2D eigenvalue weighted by Crippen LogP contribution is 2.26. The standard InChI is InChI=1S/C16H32N4O/c1-4-8-20-9-6-14(7-10-20)19-15(17-5-2)18-11-16(3)12-21-13-16/h14H,4-13H2,1-3H3,(H2,17,18,19). The molecule has 5 heteroatoms. The first-order chi connectivity index (χ1) is 10.1. The molecule has 0 spiro atoms. The molecule has 0 aromatic carbocycles. The summed E-state index contributed by atoms with van der Waals surface area (Å²) in [4.78, 5) is 7.32. The number of nitrogens with zero attached hydrogens (tertiary/aromatic N) is 2. The topological polar surface area (TPSA) is 48.9 Å². The largest absolute Gasteiger partial charge is 0.380 e. The van der Waals surface area contributed by atoms with Gasteiger partial charge in [0, 0.05) is 31.1 Å². The van der Waals surface area contributed by atoms with Gasteiger partial charge in [0.1, 0.15) is 0 Å². The molecule has 2 N–H and O–H groups in total. The molecule has 2 fully saturated rings. The van der Waals surface area contributed by atoms with Gasteiger partial charge in [-0.3, -0.25) is 4.99 Å². The molecule has 2 heterocycles. The number of likely N-dealkylation sites (tertiary alicyclic amines) is 1. The molecule has 2 saturated heterocycles. The van der Waals surface area contributed by atoms with Gasteiger partial charge < -0.3 is 20.3 Å². The number of piperidine rings is 1. The Morgan fingerprint density at radius 2 is 2.00 bits per heavy atom. The van der Waals surface area contributed by atoms with Crippen LogP contribution in [-0.4, -0.2) is 62.8 Å². The van der Waals surface area contributed by atoms with Crippen molar-refractivity contribution in [2.24, 2.45) is 10.4 Å². The van der Waals surface area contributed by atoms with Crippen LogP contribution >= 0.6 is 0 Å². The molecule has 2 aliphatic rings. The molecule has 0 atom stereocenters. The van der Waals surface area contributed by atoms with E-state index >= 15 is 0 Å². The van der Waals surface area contributed by atoms with Crippen LogP contribution in [0.25, 0.3) is 0 Å². The van der Waals surface area contributed by atoms with E-state index in [2.05, 4.69) is 36.3 Å². The Balaban J connectivity index is 1.78. The van der Waals surface area contributed by atoms with Crippen LogP contribution in [0.3, 0.4) is 0 Å². The minimum Gasteiger partial charge on any atom is -0.380 e. The first-order valence-corrected chi connectivity index (χ1v) is 8.50. The minimum absolute atomic E-state index is 0.243. The van der Waals surface area contributed by atoms with E-state index in [1.807, 2.05) is 0 Å². The molecule has 122 valence electrons. The Morgan fingerprint density at radius 3 is 2.52 bits per heavy atom. The third-order valence-corrected chi connectivity index (χ3v) is 4.33. The van der Waals surface area contributed by atoms with E-state index in [9.17, 15) is 0 Å². The summed E-state index contributed by atoms with van der Waals surface area (Å²) in [7, 11) is 0. The maximum absolute atomic E-state index is 5.30. The van der Waals surface area contributed by atoms with Crippen molar-refractivity contribution < 1.29 is 4.74 Å². The lowest BCUT2D eigenvalue weighted by Crippen LogP contribution is -2.49. The quantitative estimate of drug-likeness (QED) is 0.575. The zero-order valence-corrected chi connectivity index (χ0v) is 14.0. The summed E-state index contributed by atoms with van der Waals surface area (Å²) in [6.45, 7) is 13.7. The minimum atomic E-state index is 0.243. The lowest BCUT2D eigenvalue weighted by Gasteiger charge is -2.37. The summed E-state index contributed by atoms with van der Waals surface area (Å²) in [6, 6.07) is 0.557. The molecular weight excluding hydrogens is 264 g/mol. The zero-order chi connectivity index (χ0) is 15.1. The third kappa shape index (κ3) is 5.15. The Labute approximate surface area is 129 Å². The zero-order valence-electron chi connectivity index (χ0n) is 14.0. The van der Waals surface area contributed by atoms with Gasteiger partial charge in [0.25, 0.3) is 0 Å².